The van der Waals surface area contributed by atoms with Crippen LogP contribution in [0.25, 0.3) is 0 Å². The molecule has 0 radical (unpaired) electrons. The van der Waals surface area contributed by atoms with Crippen molar-refractivity contribution in [2.75, 3.05) is 0 Å². The number of hydrogen-bond donors (Lipinski definition) is 2. The van der Waals surface area contributed by atoms with Crippen LogP contribution in [0.1, 0.15) is 64.2 Å². The standard InChI is InChI=1S/C12H26N2S/c13-15(14,11-7-3-1-4-8-11)12-9-5-2-6-10-12/h11-12H,1-10,13-14H2. The van der Waals surface area contributed by atoms with Gasteiger partial charge in [0.15, 0.2) is 0 Å². The lowest BCUT2D eigenvalue weighted by atomic mass is 10.00. The van der Waals surface area contributed by atoms with Crippen molar-refractivity contribution in [2.45, 2.75) is 74.7 Å². The summed E-state index contributed by atoms with van der Waals surface area (Å²) >= 11 is 0. The first-order valence-corrected chi connectivity index (χ1v) is 8.46. The van der Waals surface area contributed by atoms with Gasteiger partial charge < -0.3 is 0 Å². The van der Waals surface area contributed by atoms with Gasteiger partial charge in [0, 0.05) is 10.5 Å². The second-order valence-corrected chi connectivity index (χ2v) is 8.30. The van der Waals surface area contributed by atoms with E-state index in [1.165, 1.54) is 64.2 Å². The van der Waals surface area contributed by atoms with E-state index in [0.29, 0.717) is 10.5 Å². The summed E-state index contributed by atoms with van der Waals surface area (Å²) in [4.78, 5) is 0. The molecule has 0 aromatic heterocycles. The molecule has 0 aromatic rings. The van der Waals surface area contributed by atoms with Gasteiger partial charge in [-0.1, -0.05) is 38.5 Å². The van der Waals surface area contributed by atoms with E-state index in [2.05, 4.69) is 0 Å². The van der Waals surface area contributed by atoms with Crippen molar-refractivity contribution in [3.8, 4) is 0 Å². The average Bonchev–Trinajstić information content (AvgIpc) is 2.31. The van der Waals surface area contributed by atoms with Crippen LogP contribution in [0.4, 0.5) is 0 Å². The van der Waals surface area contributed by atoms with E-state index in [1.54, 1.807) is 0 Å². The van der Waals surface area contributed by atoms with E-state index in [-0.39, 0.29) is 0 Å². The van der Waals surface area contributed by atoms with Crippen molar-refractivity contribution in [1.82, 2.24) is 0 Å². The maximum Gasteiger partial charge on any atom is 0.0126 e. The zero-order chi connectivity index (χ0) is 10.7. The molecule has 0 unspecified atom stereocenters. The van der Waals surface area contributed by atoms with E-state index in [1.807, 2.05) is 0 Å². The van der Waals surface area contributed by atoms with Gasteiger partial charge >= 0.3 is 0 Å². The minimum atomic E-state index is -1.29. The summed E-state index contributed by atoms with van der Waals surface area (Å²) in [5.41, 5.74) is 0. The smallest absolute Gasteiger partial charge is 0.0126 e. The highest BCUT2D eigenvalue weighted by Gasteiger charge is 2.35. The Bertz CT molecular complexity index is 174. The Morgan fingerprint density at radius 2 is 0.933 bits per heavy atom. The molecule has 0 aromatic carbocycles. The van der Waals surface area contributed by atoms with Gasteiger partial charge in [0.1, 0.15) is 0 Å². The lowest BCUT2D eigenvalue weighted by molar-refractivity contribution is 0.485. The van der Waals surface area contributed by atoms with Gasteiger partial charge in [-0.2, -0.15) is 0 Å². The molecule has 0 atom stereocenters. The van der Waals surface area contributed by atoms with Gasteiger partial charge in [-0.15, -0.1) is 10.4 Å². The Hall–Kier alpha value is 0.270. The van der Waals surface area contributed by atoms with Crippen LogP contribution in [-0.2, 0) is 0 Å². The largest absolute Gasteiger partial charge is 0.283 e. The Balaban J connectivity index is 1.96. The van der Waals surface area contributed by atoms with Gasteiger partial charge in [0.2, 0.25) is 0 Å². The monoisotopic (exact) mass is 230 g/mol. The van der Waals surface area contributed by atoms with Crippen molar-refractivity contribution >= 4 is 10.4 Å². The van der Waals surface area contributed by atoms with Gasteiger partial charge in [0.05, 0.1) is 0 Å². The highest BCUT2D eigenvalue weighted by molar-refractivity contribution is 8.31. The third kappa shape index (κ3) is 2.69. The minimum absolute atomic E-state index is 0.675. The first kappa shape index (κ1) is 11.7. The Morgan fingerprint density at radius 3 is 1.27 bits per heavy atom. The van der Waals surface area contributed by atoms with E-state index in [9.17, 15) is 0 Å². The normalized spacial score (nSPS) is 27.9. The predicted molar refractivity (Wildman–Crippen MR) is 69.7 cm³/mol. The van der Waals surface area contributed by atoms with Crippen LogP contribution < -0.4 is 10.3 Å². The molecule has 0 amide bonds. The molecule has 0 heterocycles. The van der Waals surface area contributed by atoms with Gasteiger partial charge in [-0.25, -0.2) is 0 Å². The van der Waals surface area contributed by atoms with Crippen molar-refractivity contribution < 1.29 is 0 Å². The highest BCUT2D eigenvalue weighted by Crippen LogP contribution is 2.52. The molecule has 2 nitrogen and oxygen atoms in total. The van der Waals surface area contributed by atoms with Crippen LogP contribution in [0.3, 0.4) is 0 Å². The topological polar surface area (TPSA) is 52.0 Å². The van der Waals surface area contributed by atoms with Crippen LogP contribution in [0, 0.1) is 0 Å². The van der Waals surface area contributed by atoms with Crippen LogP contribution in [-0.4, -0.2) is 10.5 Å². The number of nitrogens with two attached hydrogens (primary N) is 2. The van der Waals surface area contributed by atoms with E-state index >= 15 is 0 Å². The Labute approximate surface area is 95.8 Å². The summed E-state index contributed by atoms with van der Waals surface area (Å²) in [7, 11) is -1.29. The number of hydrogen-bond acceptors (Lipinski definition) is 2. The van der Waals surface area contributed by atoms with Gasteiger partial charge in [-0.05, 0) is 25.7 Å². The van der Waals surface area contributed by atoms with E-state index in [0.717, 1.165) is 0 Å². The van der Waals surface area contributed by atoms with E-state index in [4.69, 9.17) is 10.3 Å². The van der Waals surface area contributed by atoms with Crippen LogP contribution in [0.5, 0.6) is 0 Å². The van der Waals surface area contributed by atoms with E-state index < -0.39 is 10.4 Å². The third-order valence-corrected chi connectivity index (χ3v) is 7.51. The lowest BCUT2D eigenvalue weighted by Gasteiger charge is -2.48. The van der Waals surface area contributed by atoms with Crippen molar-refractivity contribution in [1.29, 1.82) is 0 Å². The molecule has 0 spiro atoms. The molecule has 0 bridgehead atoms. The molecule has 3 heteroatoms. The summed E-state index contributed by atoms with van der Waals surface area (Å²) in [6.07, 6.45) is 13.5. The summed E-state index contributed by atoms with van der Waals surface area (Å²) in [6, 6.07) is 0. The fraction of sp³-hybridized carbons (Fsp3) is 1.00. The summed E-state index contributed by atoms with van der Waals surface area (Å²) in [5, 5.41) is 14.4. The molecule has 2 rings (SSSR count). The minimum Gasteiger partial charge on any atom is -0.283 e. The fourth-order valence-corrected chi connectivity index (χ4v) is 6.06. The zero-order valence-corrected chi connectivity index (χ0v) is 10.6. The third-order valence-electron chi connectivity index (χ3n) is 4.26. The molecule has 2 aliphatic carbocycles. The summed E-state index contributed by atoms with van der Waals surface area (Å²) in [6.45, 7) is 0. The molecular weight excluding hydrogens is 204 g/mol. The Kier molecular flexibility index (Phi) is 3.97. The maximum absolute atomic E-state index is 6.53. The molecule has 0 saturated heterocycles. The Morgan fingerprint density at radius 1 is 0.600 bits per heavy atom. The molecule has 4 N–H and O–H groups in total. The predicted octanol–water partition coefficient (Wildman–Crippen LogP) is 3.20. The second kappa shape index (κ2) is 5.07. The SMILES string of the molecule is NS(N)(C1CCCCC1)C1CCCCC1. The average molecular weight is 230 g/mol. The van der Waals surface area contributed by atoms with Gasteiger partial charge in [-0.3, -0.25) is 10.3 Å². The van der Waals surface area contributed by atoms with Crippen LogP contribution >= 0.6 is 10.4 Å². The zero-order valence-electron chi connectivity index (χ0n) is 9.79. The first-order valence-electron chi connectivity index (χ1n) is 6.58. The van der Waals surface area contributed by atoms with Crippen molar-refractivity contribution in [3.05, 3.63) is 0 Å². The molecule has 15 heavy (non-hydrogen) atoms. The maximum atomic E-state index is 6.53. The van der Waals surface area contributed by atoms with Crippen LogP contribution in [0.15, 0.2) is 0 Å². The summed E-state index contributed by atoms with van der Waals surface area (Å²) < 4.78 is 0. The quantitative estimate of drug-likeness (QED) is 0.765. The molecule has 2 saturated carbocycles. The lowest BCUT2D eigenvalue weighted by Crippen LogP contribution is -2.42. The highest BCUT2D eigenvalue weighted by atomic mass is 32.3. The number of rotatable bonds is 2. The fourth-order valence-electron chi connectivity index (χ4n) is 3.22. The molecular formula is C12H26N2S. The second-order valence-electron chi connectivity index (χ2n) is 5.34. The molecule has 0 aliphatic heterocycles. The first-order chi connectivity index (χ1) is 7.21. The van der Waals surface area contributed by atoms with Crippen molar-refractivity contribution in [3.63, 3.8) is 0 Å². The molecule has 2 aliphatic rings. The summed E-state index contributed by atoms with van der Waals surface area (Å²) in [5.74, 6) is 0. The van der Waals surface area contributed by atoms with Crippen molar-refractivity contribution in [2.24, 2.45) is 10.3 Å². The molecule has 90 valence electrons. The molecule has 2 fully saturated rings. The van der Waals surface area contributed by atoms with Crippen LogP contribution in [0.2, 0.25) is 0 Å². The van der Waals surface area contributed by atoms with Gasteiger partial charge in [0.25, 0.3) is 0 Å².